The highest BCUT2D eigenvalue weighted by molar-refractivity contribution is 6.30. The van der Waals surface area contributed by atoms with E-state index in [2.05, 4.69) is 0 Å². The summed E-state index contributed by atoms with van der Waals surface area (Å²) < 4.78 is 13.3. The monoisotopic (exact) mass is 260 g/mol. The number of hydrogen-bond donors (Lipinski definition) is 0. The molecular weight excluding hydrogens is 246 g/mol. The van der Waals surface area contributed by atoms with Crippen molar-refractivity contribution in [3.8, 4) is 0 Å². The highest BCUT2D eigenvalue weighted by Crippen LogP contribution is 2.42. The smallest absolute Gasteiger partial charge is 0.142 e. The van der Waals surface area contributed by atoms with Gasteiger partial charge in [0, 0.05) is 5.88 Å². The van der Waals surface area contributed by atoms with E-state index in [1.54, 1.807) is 6.07 Å². The molecule has 0 nitrogen and oxygen atoms in total. The van der Waals surface area contributed by atoms with E-state index in [4.69, 9.17) is 23.2 Å². The Morgan fingerprint density at radius 3 is 2.50 bits per heavy atom. The number of benzene rings is 1. The van der Waals surface area contributed by atoms with E-state index in [0.717, 1.165) is 24.8 Å². The van der Waals surface area contributed by atoms with Crippen LogP contribution in [0.2, 0.25) is 5.02 Å². The highest BCUT2D eigenvalue weighted by atomic mass is 35.5. The van der Waals surface area contributed by atoms with Crippen molar-refractivity contribution in [3.63, 3.8) is 0 Å². The molecule has 0 radical (unpaired) electrons. The number of hydrogen-bond acceptors (Lipinski definition) is 0. The van der Waals surface area contributed by atoms with Crippen LogP contribution in [0.25, 0.3) is 0 Å². The van der Waals surface area contributed by atoms with Crippen LogP contribution in [-0.2, 0) is 6.42 Å². The fourth-order valence-corrected chi connectivity index (χ4v) is 3.04. The fourth-order valence-electron chi connectivity index (χ4n) is 2.57. The first kappa shape index (κ1) is 12.2. The van der Waals surface area contributed by atoms with Crippen molar-refractivity contribution >= 4 is 23.2 Å². The molecule has 0 bridgehead atoms. The van der Waals surface area contributed by atoms with E-state index in [9.17, 15) is 4.39 Å². The molecule has 0 saturated heterocycles. The number of halogens is 3. The SMILES string of the molecule is Fc1cc(CC2(CCl)CCCC2)ccc1Cl. The Morgan fingerprint density at radius 1 is 1.25 bits per heavy atom. The Bertz CT molecular complexity index is 370. The third-order valence-electron chi connectivity index (χ3n) is 3.51. The van der Waals surface area contributed by atoms with Crippen molar-refractivity contribution in [3.05, 3.63) is 34.6 Å². The molecular formula is C13H15Cl2F. The molecule has 1 aliphatic carbocycles. The topological polar surface area (TPSA) is 0 Å². The van der Waals surface area contributed by atoms with Gasteiger partial charge < -0.3 is 0 Å². The minimum absolute atomic E-state index is 0.182. The summed E-state index contributed by atoms with van der Waals surface area (Å²) in [4.78, 5) is 0. The Labute approximate surface area is 106 Å². The van der Waals surface area contributed by atoms with Crippen LogP contribution in [0.5, 0.6) is 0 Å². The van der Waals surface area contributed by atoms with Crippen LogP contribution in [0.3, 0.4) is 0 Å². The Morgan fingerprint density at radius 2 is 1.94 bits per heavy atom. The van der Waals surface area contributed by atoms with E-state index in [0.29, 0.717) is 5.88 Å². The normalized spacial score (nSPS) is 18.9. The van der Waals surface area contributed by atoms with Gasteiger partial charge in [0.05, 0.1) is 5.02 Å². The minimum atomic E-state index is -0.332. The van der Waals surface area contributed by atoms with Gasteiger partial charge in [-0.1, -0.05) is 30.5 Å². The summed E-state index contributed by atoms with van der Waals surface area (Å²) in [6.45, 7) is 0. The van der Waals surface area contributed by atoms with Gasteiger partial charge in [-0.25, -0.2) is 4.39 Å². The van der Waals surface area contributed by atoms with E-state index in [-0.39, 0.29) is 16.3 Å². The predicted molar refractivity (Wildman–Crippen MR) is 66.7 cm³/mol. The molecule has 1 aromatic rings. The maximum absolute atomic E-state index is 13.3. The Hall–Kier alpha value is -0.270. The first-order valence-electron chi connectivity index (χ1n) is 5.65. The van der Waals surface area contributed by atoms with Crippen molar-refractivity contribution in [1.29, 1.82) is 0 Å². The van der Waals surface area contributed by atoms with Crippen molar-refractivity contribution in [2.24, 2.45) is 5.41 Å². The molecule has 1 saturated carbocycles. The highest BCUT2D eigenvalue weighted by Gasteiger charge is 2.33. The van der Waals surface area contributed by atoms with Gasteiger partial charge in [0.15, 0.2) is 0 Å². The second-order valence-corrected chi connectivity index (χ2v) is 5.44. The Balaban J connectivity index is 2.16. The Kier molecular flexibility index (Phi) is 3.76. The van der Waals surface area contributed by atoms with Crippen LogP contribution < -0.4 is 0 Å². The molecule has 16 heavy (non-hydrogen) atoms. The zero-order valence-electron chi connectivity index (χ0n) is 9.11. The summed E-state index contributed by atoms with van der Waals surface area (Å²) in [7, 11) is 0. The third-order valence-corrected chi connectivity index (χ3v) is 4.38. The molecule has 0 amide bonds. The second kappa shape index (κ2) is 4.93. The van der Waals surface area contributed by atoms with Crippen LogP contribution in [0, 0.1) is 11.2 Å². The van der Waals surface area contributed by atoms with Gasteiger partial charge >= 0.3 is 0 Å². The van der Waals surface area contributed by atoms with Gasteiger partial charge in [-0.05, 0) is 42.4 Å². The molecule has 0 atom stereocenters. The number of alkyl halides is 1. The van der Waals surface area contributed by atoms with Gasteiger partial charge in [-0.3, -0.25) is 0 Å². The van der Waals surface area contributed by atoms with Crippen LogP contribution in [0.15, 0.2) is 18.2 Å². The summed E-state index contributed by atoms with van der Waals surface area (Å²) in [6, 6.07) is 5.07. The van der Waals surface area contributed by atoms with Gasteiger partial charge in [-0.15, -0.1) is 11.6 Å². The summed E-state index contributed by atoms with van der Waals surface area (Å²) in [5.74, 6) is 0.332. The van der Waals surface area contributed by atoms with Crippen LogP contribution in [0.4, 0.5) is 4.39 Å². The lowest BCUT2D eigenvalue weighted by Gasteiger charge is -2.26. The lowest BCUT2D eigenvalue weighted by atomic mass is 9.82. The van der Waals surface area contributed by atoms with Crippen LogP contribution >= 0.6 is 23.2 Å². The summed E-state index contributed by atoms with van der Waals surface area (Å²) in [5, 5.41) is 0.190. The van der Waals surface area contributed by atoms with Gasteiger partial charge in [0.1, 0.15) is 5.82 Å². The van der Waals surface area contributed by atoms with Crippen molar-refractivity contribution in [2.75, 3.05) is 5.88 Å². The molecule has 88 valence electrons. The first-order valence-corrected chi connectivity index (χ1v) is 6.56. The minimum Gasteiger partial charge on any atom is -0.205 e. The molecule has 0 unspecified atom stereocenters. The number of rotatable bonds is 3. The predicted octanol–water partition coefficient (Wildman–Crippen LogP) is 4.82. The second-order valence-electron chi connectivity index (χ2n) is 4.77. The lowest BCUT2D eigenvalue weighted by Crippen LogP contribution is -2.21. The van der Waals surface area contributed by atoms with Gasteiger partial charge in [0.25, 0.3) is 0 Å². The van der Waals surface area contributed by atoms with Crippen LogP contribution in [0.1, 0.15) is 31.2 Å². The summed E-state index contributed by atoms with van der Waals surface area (Å²) in [6.07, 6.45) is 5.65. The molecule has 2 rings (SSSR count). The molecule has 1 aliphatic rings. The van der Waals surface area contributed by atoms with Crippen molar-refractivity contribution in [2.45, 2.75) is 32.1 Å². The molecule has 0 heterocycles. The summed E-state index contributed by atoms with van der Waals surface area (Å²) in [5.41, 5.74) is 1.19. The van der Waals surface area contributed by atoms with E-state index in [1.807, 2.05) is 6.07 Å². The average Bonchev–Trinajstić information content (AvgIpc) is 2.73. The molecule has 3 heteroatoms. The maximum Gasteiger partial charge on any atom is 0.142 e. The molecule has 1 aromatic carbocycles. The quantitative estimate of drug-likeness (QED) is 0.684. The van der Waals surface area contributed by atoms with E-state index < -0.39 is 0 Å². The fraction of sp³-hybridized carbons (Fsp3) is 0.538. The van der Waals surface area contributed by atoms with Crippen molar-refractivity contribution < 1.29 is 4.39 Å². The molecule has 0 N–H and O–H groups in total. The van der Waals surface area contributed by atoms with Crippen LogP contribution in [-0.4, -0.2) is 5.88 Å². The van der Waals surface area contributed by atoms with Crippen molar-refractivity contribution in [1.82, 2.24) is 0 Å². The average molecular weight is 261 g/mol. The maximum atomic E-state index is 13.3. The molecule has 0 spiro atoms. The zero-order valence-corrected chi connectivity index (χ0v) is 10.6. The molecule has 0 aromatic heterocycles. The zero-order chi connectivity index (χ0) is 11.6. The molecule has 0 aliphatic heterocycles. The van der Waals surface area contributed by atoms with E-state index in [1.165, 1.54) is 18.9 Å². The molecule has 1 fully saturated rings. The standard InChI is InChI=1S/C13H15Cl2F/c14-9-13(5-1-2-6-13)8-10-3-4-11(15)12(16)7-10/h3-4,7H,1-2,5-6,8-9H2. The van der Waals surface area contributed by atoms with Gasteiger partial charge in [0.2, 0.25) is 0 Å². The lowest BCUT2D eigenvalue weighted by molar-refractivity contribution is 0.340. The van der Waals surface area contributed by atoms with Gasteiger partial charge in [-0.2, -0.15) is 0 Å². The van der Waals surface area contributed by atoms with E-state index >= 15 is 0 Å². The third kappa shape index (κ3) is 2.52. The largest absolute Gasteiger partial charge is 0.205 e. The summed E-state index contributed by atoms with van der Waals surface area (Å²) >= 11 is 11.7. The first-order chi connectivity index (χ1) is 7.65.